The van der Waals surface area contributed by atoms with Gasteiger partial charge in [0.1, 0.15) is 0 Å². The zero-order valence-corrected chi connectivity index (χ0v) is 8.25. The number of halogens is 1. The molecule has 1 aromatic heterocycles. The number of hydrogen-bond donors (Lipinski definition) is 2. The van der Waals surface area contributed by atoms with Gasteiger partial charge in [0.2, 0.25) is 5.95 Å². The van der Waals surface area contributed by atoms with Gasteiger partial charge in [-0.2, -0.15) is 10.1 Å². The van der Waals surface area contributed by atoms with Gasteiger partial charge in [0.15, 0.2) is 5.82 Å². The van der Waals surface area contributed by atoms with E-state index in [2.05, 4.69) is 31.1 Å². The quantitative estimate of drug-likeness (QED) is 0.797. The Morgan fingerprint density at radius 3 is 2.46 bits per heavy atom. The molecule has 4 nitrogen and oxygen atoms in total. The molecule has 0 saturated heterocycles. The molecular formula is C8H7BrN4. The van der Waals surface area contributed by atoms with Gasteiger partial charge in [-0.1, -0.05) is 28.1 Å². The highest BCUT2D eigenvalue weighted by atomic mass is 79.9. The molecule has 13 heavy (non-hydrogen) atoms. The van der Waals surface area contributed by atoms with Crippen molar-refractivity contribution in [1.82, 2.24) is 15.2 Å². The second-order valence-corrected chi connectivity index (χ2v) is 3.47. The molecule has 0 aliphatic heterocycles. The molecule has 0 amide bonds. The van der Waals surface area contributed by atoms with Gasteiger partial charge in [0.25, 0.3) is 0 Å². The number of nitrogens with zero attached hydrogens (tertiary/aromatic N) is 2. The summed E-state index contributed by atoms with van der Waals surface area (Å²) >= 11 is 3.35. The average Bonchev–Trinajstić information content (AvgIpc) is 2.53. The maximum Gasteiger partial charge on any atom is 0.216 e. The Labute approximate surface area is 83.3 Å². The van der Waals surface area contributed by atoms with Gasteiger partial charge >= 0.3 is 0 Å². The topological polar surface area (TPSA) is 67.6 Å². The summed E-state index contributed by atoms with van der Waals surface area (Å²) in [6, 6.07) is 7.71. The Morgan fingerprint density at radius 2 is 1.92 bits per heavy atom. The molecule has 0 aliphatic carbocycles. The normalized spacial score (nSPS) is 10.2. The number of nitrogen functional groups attached to an aromatic ring is 1. The Bertz CT molecular complexity index is 406. The zero-order chi connectivity index (χ0) is 9.26. The van der Waals surface area contributed by atoms with Crippen LogP contribution in [0.3, 0.4) is 0 Å². The third kappa shape index (κ3) is 1.70. The van der Waals surface area contributed by atoms with E-state index in [1.54, 1.807) is 0 Å². The van der Waals surface area contributed by atoms with Crippen molar-refractivity contribution in [3.8, 4) is 11.4 Å². The van der Waals surface area contributed by atoms with Crippen molar-refractivity contribution in [2.45, 2.75) is 0 Å². The summed E-state index contributed by atoms with van der Waals surface area (Å²) in [4.78, 5) is 4.01. The van der Waals surface area contributed by atoms with Crippen LogP contribution in [-0.4, -0.2) is 15.2 Å². The molecule has 1 heterocycles. The Hall–Kier alpha value is -1.36. The first-order valence-electron chi connectivity index (χ1n) is 3.69. The van der Waals surface area contributed by atoms with Crippen molar-refractivity contribution < 1.29 is 0 Å². The van der Waals surface area contributed by atoms with Gasteiger partial charge < -0.3 is 5.73 Å². The van der Waals surface area contributed by atoms with Crippen molar-refractivity contribution in [1.29, 1.82) is 0 Å². The first-order chi connectivity index (χ1) is 6.25. The fourth-order valence-corrected chi connectivity index (χ4v) is 1.27. The summed E-state index contributed by atoms with van der Waals surface area (Å²) in [5.41, 5.74) is 6.35. The number of anilines is 1. The van der Waals surface area contributed by atoms with Gasteiger partial charge in [-0.15, -0.1) is 0 Å². The van der Waals surface area contributed by atoms with Crippen molar-refractivity contribution >= 4 is 21.9 Å². The number of nitrogens with two attached hydrogens (primary N) is 1. The minimum Gasteiger partial charge on any atom is -0.368 e. The van der Waals surface area contributed by atoms with Crippen LogP contribution < -0.4 is 5.73 Å². The van der Waals surface area contributed by atoms with Gasteiger partial charge in [0.05, 0.1) is 0 Å². The summed E-state index contributed by atoms with van der Waals surface area (Å²) in [5.74, 6) is 0.947. The number of benzene rings is 1. The smallest absolute Gasteiger partial charge is 0.216 e. The minimum atomic E-state index is 0.331. The molecule has 2 rings (SSSR count). The van der Waals surface area contributed by atoms with E-state index < -0.39 is 0 Å². The van der Waals surface area contributed by atoms with Crippen LogP contribution in [0.1, 0.15) is 0 Å². The lowest BCUT2D eigenvalue weighted by atomic mass is 10.2. The third-order valence-corrected chi connectivity index (χ3v) is 2.13. The lowest BCUT2D eigenvalue weighted by Crippen LogP contribution is -1.85. The molecule has 0 atom stereocenters. The lowest BCUT2D eigenvalue weighted by Gasteiger charge is -1.93. The van der Waals surface area contributed by atoms with E-state index >= 15 is 0 Å². The van der Waals surface area contributed by atoms with E-state index in [0.29, 0.717) is 11.8 Å². The van der Waals surface area contributed by atoms with Crippen LogP contribution in [0.5, 0.6) is 0 Å². The fraction of sp³-hybridized carbons (Fsp3) is 0. The molecule has 0 bridgehead atoms. The van der Waals surface area contributed by atoms with Gasteiger partial charge in [-0.25, -0.2) is 5.10 Å². The highest BCUT2D eigenvalue weighted by molar-refractivity contribution is 9.10. The van der Waals surface area contributed by atoms with E-state index in [1.165, 1.54) is 0 Å². The highest BCUT2D eigenvalue weighted by Crippen LogP contribution is 2.18. The highest BCUT2D eigenvalue weighted by Gasteiger charge is 2.02. The Kier molecular flexibility index (Phi) is 2.02. The number of nitrogens with one attached hydrogen (secondary N) is 1. The van der Waals surface area contributed by atoms with Crippen LogP contribution in [0.15, 0.2) is 28.7 Å². The second kappa shape index (κ2) is 3.18. The summed E-state index contributed by atoms with van der Waals surface area (Å²) in [5, 5.41) is 6.53. The van der Waals surface area contributed by atoms with Crippen molar-refractivity contribution in [2.24, 2.45) is 0 Å². The van der Waals surface area contributed by atoms with E-state index in [1.807, 2.05) is 24.3 Å². The molecule has 0 saturated carbocycles. The van der Waals surface area contributed by atoms with Gasteiger partial charge in [-0.05, 0) is 12.1 Å². The van der Waals surface area contributed by atoms with E-state index in [0.717, 1.165) is 10.0 Å². The van der Waals surface area contributed by atoms with Crippen molar-refractivity contribution in [3.05, 3.63) is 28.7 Å². The number of hydrogen-bond acceptors (Lipinski definition) is 3. The van der Waals surface area contributed by atoms with E-state index in [9.17, 15) is 0 Å². The fourth-order valence-electron chi connectivity index (χ4n) is 1.00. The molecule has 66 valence electrons. The lowest BCUT2D eigenvalue weighted by molar-refractivity contribution is 1.10. The standard InChI is InChI=1S/C8H7BrN4/c9-6-3-1-5(2-4-6)7-11-8(10)13-12-7/h1-4H,(H3,10,11,12,13). The summed E-state index contributed by atoms with van der Waals surface area (Å²) in [6.45, 7) is 0. The average molecular weight is 239 g/mol. The Balaban J connectivity index is 2.41. The second-order valence-electron chi connectivity index (χ2n) is 2.55. The summed E-state index contributed by atoms with van der Waals surface area (Å²) < 4.78 is 1.03. The minimum absolute atomic E-state index is 0.331. The molecule has 0 aliphatic rings. The maximum absolute atomic E-state index is 5.41. The van der Waals surface area contributed by atoms with Crippen LogP contribution in [0, 0.1) is 0 Å². The molecule has 0 spiro atoms. The molecule has 0 fully saturated rings. The third-order valence-electron chi connectivity index (χ3n) is 1.61. The first-order valence-corrected chi connectivity index (χ1v) is 4.49. The van der Waals surface area contributed by atoms with Gasteiger partial charge in [-0.3, -0.25) is 0 Å². The molecule has 2 aromatic rings. The molecule has 3 N–H and O–H groups in total. The summed E-state index contributed by atoms with van der Waals surface area (Å²) in [7, 11) is 0. The monoisotopic (exact) mass is 238 g/mol. The van der Waals surface area contributed by atoms with Crippen LogP contribution >= 0.6 is 15.9 Å². The summed E-state index contributed by atoms with van der Waals surface area (Å²) in [6.07, 6.45) is 0. The number of aromatic amines is 1. The number of H-pyrrole nitrogens is 1. The van der Waals surface area contributed by atoms with Crippen LogP contribution in [0.25, 0.3) is 11.4 Å². The molecule has 0 unspecified atom stereocenters. The largest absolute Gasteiger partial charge is 0.368 e. The van der Waals surface area contributed by atoms with Crippen LogP contribution in [0.2, 0.25) is 0 Å². The SMILES string of the molecule is Nc1nc(-c2ccc(Br)cc2)n[nH]1. The number of rotatable bonds is 1. The molecule has 5 heteroatoms. The van der Waals surface area contributed by atoms with Crippen molar-refractivity contribution in [3.63, 3.8) is 0 Å². The predicted octanol–water partition coefficient (Wildman–Crippen LogP) is 1.82. The predicted molar refractivity (Wildman–Crippen MR) is 53.9 cm³/mol. The van der Waals surface area contributed by atoms with Crippen LogP contribution in [0.4, 0.5) is 5.95 Å². The first kappa shape index (κ1) is 8.25. The molecule has 0 radical (unpaired) electrons. The number of aromatic nitrogens is 3. The molecular weight excluding hydrogens is 232 g/mol. The zero-order valence-electron chi connectivity index (χ0n) is 6.66. The molecule has 1 aromatic carbocycles. The van der Waals surface area contributed by atoms with E-state index in [4.69, 9.17) is 5.73 Å². The van der Waals surface area contributed by atoms with Crippen LogP contribution in [-0.2, 0) is 0 Å². The maximum atomic E-state index is 5.41. The van der Waals surface area contributed by atoms with Gasteiger partial charge in [0, 0.05) is 10.0 Å². The Morgan fingerprint density at radius 1 is 1.23 bits per heavy atom. The van der Waals surface area contributed by atoms with E-state index in [-0.39, 0.29) is 0 Å². The van der Waals surface area contributed by atoms with Crippen molar-refractivity contribution in [2.75, 3.05) is 5.73 Å².